The van der Waals surface area contributed by atoms with Crippen molar-refractivity contribution in [1.82, 2.24) is 0 Å². The third-order valence-electron chi connectivity index (χ3n) is 5.76. The van der Waals surface area contributed by atoms with Gasteiger partial charge in [0.2, 0.25) is 0 Å². The number of esters is 1. The van der Waals surface area contributed by atoms with Gasteiger partial charge in [-0.05, 0) is 63.3 Å². The second-order valence-electron chi connectivity index (χ2n) is 8.87. The van der Waals surface area contributed by atoms with E-state index in [1.54, 1.807) is 45.1 Å². The van der Waals surface area contributed by atoms with Crippen LogP contribution in [0.2, 0.25) is 0 Å². The largest absolute Gasteiger partial charge is 0.507 e. The third kappa shape index (κ3) is 5.65. The Hall–Kier alpha value is -2.48. The summed E-state index contributed by atoms with van der Waals surface area (Å²) in [4.78, 5) is 25.7. The van der Waals surface area contributed by atoms with Gasteiger partial charge in [0.25, 0.3) is 0 Å². The molecule has 1 aromatic carbocycles. The van der Waals surface area contributed by atoms with Crippen LogP contribution in [0, 0.1) is 5.92 Å². The van der Waals surface area contributed by atoms with Crippen LogP contribution in [0.1, 0.15) is 62.0 Å². The summed E-state index contributed by atoms with van der Waals surface area (Å²) in [7, 11) is 0. The zero-order chi connectivity index (χ0) is 23.5. The fraction of sp³-hybridized carbons (Fsp3) is 0.520. The first-order chi connectivity index (χ1) is 15.1. The molecule has 0 spiro atoms. The molecule has 0 amide bonds. The van der Waals surface area contributed by atoms with E-state index in [0.29, 0.717) is 24.8 Å². The maximum Gasteiger partial charge on any atom is 0.342 e. The first-order valence-corrected chi connectivity index (χ1v) is 11.0. The summed E-state index contributed by atoms with van der Waals surface area (Å²) in [5, 5.41) is 19.7. The van der Waals surface area contributed by atoms with Crippen molar-refractivity contribution in [3.63, 3.8) is 0 Å². The second-order valence-corrected chi connectivity index (χ2v) is 8.87. The van der Waals surface area contributed by atoms with Gasteiger partial charge in [0.15, 0.2) is 11.6 Å². The Kier molecular flexibility index (Phi) is 7.54. The third-order valence-corrected chi connectivity index (χ3v) is 5.76. The minimum atomic E-state index is -0.883. The van der Waals surface area contributed by atoms with Gasteiger partial charge in [0, 0.05) is 12.5 Å². The van der Waals surface area contributed by atoms with E-state index in [9.17, 15) is 14.7 Å². The van der Waals surface area contributed by atoms with Gasteiger partial charge in [-0.3, -0.25) is 4.79 Å². The normalized spacial score (nSPS) is 30.0. The van der Waals surface area contributed by atoms with Crippen LogP contribution in [0.5, 0.6) is 5.75 Å². The minimum absolute atomic E-state index is 0.0306. The van der Waals surface area contributed by atoms with Crippen molar-refractivity contribution < 1.29 is 34.0 Å². The number of aromatic hydroxyl groups is 1. The number of hydrogen-bond donors (Lipinski definition) is 2. The highest BCUT2D eigenvalue weighted by molar-refractivity contribution is 5.97. The highest BCUT2D eigenvalue weighted by Gasteiger charge is 2.43. The summed E-state index contributed by atoms with van der Waals surface area (Å²) in [5.74, 6) is -2.11. The molecule has 2 N–H and O–H groups in total. The topological polar surface area (TPSA) is 102 Å². The van der Waals surface area contributed by atoms with E-state index in [-0.39, 0.29) is 29.6 Å². The number of aliphatic hydroxyl groups excluding tert-OH is 1. The Morgan fingerprint density at radius 3 is 2.59 bits per heavy atom. The number of carbonyl (C=O) groups excluding carboxylic acids is 2. The number of benzene rings is 1. The van der Waals surface area contributed by atoms with Gasteiger partial charge in [-0.1, -0.05) is 31.2 Å². The quantitative estimate of drug-likeness (QED) is 0.687. The number of aliphatic hydroxyl groups is 1. The Morgan fingerprint density at radius 1 is 1.12 bits per heavy atom. The van der Waals surface area contributed by atoms with Gasteiger partial charge in [-0.15, -0.1) is 0 Å². The molecule has 174 valence electrons. The lowest BCUT2D eigenvalue weighted by Crippen LogP contribution is -2.30. The van der Waals surface area contributed by atoms with E-state index in [1.807, 2.05) is 6.92 Å². The van der Waals surface area contributed by atoms with Crippen LogP contribution < -0.4 is 0 Å². The molecule has 1 saturated heterocycles. The smallest absolute Gasteiger partial charge is 0.342 e. The average molecular weight is 445 g/mol. The molecule has 0 radical (unpaired) electrons. The van der Waals surface area contributed by atoms with Crippen molar-refractivity contribution in [2.75, 3.05) is 6.61 Å². The highest BCUT2D eigenvalue weighted by atomic mass is 16.8. The van der Waals surface area contributed by atoms with E-state index in [4.69, 9.17) is 19.3 Å². The van der Waals surface area contributed by atoms with Gasteiger partial charge in [-0.25, -0.2) is 4.79 Å². The molecule has 2 heterocycles. The molecule has 1 fully saturated rings. The fourth-order valence-electron chi connectivity index (χ4n) is 3.90. The zero-order valence-electron chi connectivity index (χ0n) is 19.0. The Labute approximate surface area is 188 Å². The van der Waals surface area contributed by atoms with Crippen LogP contribution in [-0.4, -0.2) is 52.7 Å². The van der Waals surface area contributed by atoms with E-state index in [1.165, 1.54) is 12.1 Å². The maximum atomic E-state index is 12.9. The first kappa shape index (κ1) is 24.2. The number of ether oxygens (including phenoxy) is 3. The fourth-order valence-corrected chi connectivity index (χ4v) is 3.90. The number of rotatable bonds is 3. The molecule has 7 heteroatoms. The molecule has 0 aromatic heterocycles. The van der Waals surface area contributed by atoms with Crippen LogP contribution in [0.3, 0.4) is 0 Å². The van der Waals surface area contributed by atoms with Crippen molar-refractivity contribution in [2.45, 2.75) is 71.1 Å². The number of hydrogen-bond acceptors (Lipinski definition) is 7. The monoisotopic (exact) mass is 444 g/mol. The molecule has 1 aromatic rings. The van der Waals surface area contributed by atoms with Crippen LogP contribution in [0.15, 0.2) is 30.4 Å². The van der Waals surface area contributed by atoms with E-state index in [2.05, 4.69) is 0 Å². The van der Waals surface area contributed by atoms with Gasteiger partial charge in [0.1, 0.15) is 23.5 Å². The van der Waals surface area contributed by atoms with E-state index < -0.39 is 30.1 Å². The summed E-state index contributed by atoms with van der Waals surface area (Å²) in [6, 6.07) is 3.34. The van der Waals surface area contributed by atoms with Gasteiger partial charge < -0.3 is 24.4 Å². The molecule has 2 aliphatic heterocycles. The number of carbonyl (C=O) groups is 2. The summed E-state index contributed by atoms with van der Waals surface area (Å²) in [6.45, 7) is 7.16. The first-order valence-electron chi connectivity index (χ1n) is 11.0. The molecule has 0 saturated carbocycles. The molecule has 7 nitrogen and oxygen atoms in total. The molecule has 4 atom stereocenters. The van der Waals surface area contributed by atoms with Gasteiger partial charge in [0.05, 0.1) is 6.10 Å². The molecule has 32 heavy (non-hydrogen) atoms. The van der Waals surface area contributed by atoms with Crippen molar-refractivity contribution in [1.29, 1.82) is 0 Å². The maximum absolute atomic E-state index is 12.9. The second kappa shape index (κ2) is 9.98. The number of phenols is 1. The molecular formula is C25H32O7. The molecule has 2 aliphatic rings. The highest BCUT2D eigenvalue weighted by Crippen LogP contribution is 2.32. The van der Waals surface area contributed by atoms with Crippen LogP contribution in [0.4, 0.5) is 0 Å². The predicted octanol–water partition coefficient (Wildman–Crippen LogP) is 3.56. The standard InChI is InChI=1S/C25H32O7/c1-15-10-11-19(27)23-21(31-25(3,4)32-23)9-5-8-18-13-17(7-6-12-26)14-20(28)22(18)24(29)30-16(15)2/h5,8,10-11,13-16,21,23,26,28H,6-7,9,12H2,1-4H3/b8-5+,11-10-/t15-,16+,21+,23-/m1/s1. The van der Waals surface area contributed by atoms with Gasteiger partial charge >= 0.3 is 5.97 Å². The Morgan fingerprint density at radius 2 is 1.88 bits per heavy atom. The number of cyclic esters (lactones) is 1. The predicted molar refractivity (Wildman–Crippen MR) is 119 cm³/mol. The minimum Gasteiger partial charge on any atom is -0.507 e. The van der Waals surface area contributed by atoms with Crippen molar-refractivity contribution in [2.24, 2.45) is 5.92 Å². The van der Waals surface area contributed by atoms with Crippen molar-refractivity contribution >= 4 is 17.8 Å². The molecule has 0 bridgehead atoms. The van der Waals surface area contributed by atoms with E-state index >= 15 is 0 Å². The SMILES string of the molecule is C[C@@H]1/C=C\C(=O)[C@H]2OC(C)(C)O[C@H]2C/C=C/c2cc(CCCO)cc(O)c2C(=O)O[C@H]1C. The van der Waals surface area contributed by atoms with E-state index in [0.717, 1.165) is 5.56 Å². The lowest BCUT2D eigenvalue weighted by molar-refractivity contribution is -0.152. The number of ketones is 1. The lowest BCUT2D eigenvalue weighted by Gasteiger charge is -2.20. The van der Waals surface area contributed by atoms with Crippen molar-refractivity contribution in [3.05, 3.63) is 47.1 Å². The van der Waals surface area contributed by atoms with Crippen LogP contribution in [-0.2, 0) is 25.4 Å². The number of phenolic OH excluding ortho intramolecular Hbond substituents is 1. The Bertz CT molecular complexity index is 915. The van der Waals surface area contributed by atoms with Gasteiger partial charge in [-0.2, -0.15) is 0 Å². The summed E-state index contributed by atoms with van der Waals surface area (Å²) in [5.41, 5.74) is 1.40. The summed E-state index contributed by atoms with van der Waals surface area (Å²) >= 11 is 0. The average Bonchev–Trinajstić information content (AvgIpc) is 3.03. The Balaban J connectivity index is 2.02. The van der Waals surface area contributed by atoms with Crippen molar-refractivity contribution in [3.8, 4) is 5.75 Å². The number of aryl methyl sites for hydroxylation is 1. The molecule has 0 unspecified atom stereocenters. The molecule has 0 aliphatic carbocycles. The van der Waals surface area contributed by atoms with Crippen LogP contribution in [0.25, 0.3) is 6.08 Å². The lowest BCUT2D eigenvalue weighted by atomic mass is 9.97. The molecular weight excluding hydrogens is 412 g/mol. The number of fused-ring (bicyclic) bond motifs is 2. The zero-order valence-corrected chi connectivity index (χ0v) is 19.0. The summed E-state index contributed by atoms with van der Waals surface area (Å²) < 4.78 is 17.4. The molecule has 3 rings (SSSR count). The summed E-state index contributed by atoms with van der Waals surface area (Å²) in [6.07, 6.45) is 6.45. The van der Waals surface area contributed by atoms with Crippen LogP contribution >= 0.6 is 0 Å².